The largest absolute Gasteiger partial charge is 0.507 e. The Bertz CT molecular complexity index is 1030. The molecule has 0 saturated carbocycles. The molecule has 2 aromatic rings. The Morgan fingerprint density at radius 3 is 2.53 bits per heavy atom. The number of hydrogen-bond acceptors (Lipinski definition) is 6. The van der Waals surface area contributed by atoms with Gasteiger partial charge in [0.1, 0.15) is 11.5 Å². The number of rotatable bonds is 6. The van der Waals surface area contributed by atoms with Crippen molar-refractivity contribution in [2.45, 2.75) is 39.7 Å². The number of allylic oxidation sites excluding steroid dienone is 1. The van der Waals surface area contributed by atoms with Crippen LogP contribution < -0.4 is 4.74 Å². The quantitative estimate of drug-likeness (QED) is 0.537. The van der Waals surface area contributed by atoms with Gasteiger partial charge in [-0.05, 0) is 68.6 Å². The van der Waals surface area contributed by atoms with E-state index in [1.807, 2.05) is 31.2 Å². The Morgan fingerprint density at radius 2 is 1.88 bits per heavy atom. The fraction of sp³-hybridized carbons (Fsp3) is 0.385. The smallest absolute Gasteiger partial charge is 0.309 e. The zero-order valence-corrected chi connectivity index (χ0v) is 18.6. The molecule has 2 aliphatic heterocycles. The number of ether oxygens (including phenoxy) is 2. The first kappa shape index (κ1) is 22.1. The molecule has 0 unspecified atom stereocenters. The van der Waals surface area contributed by atoms with Crippen LogP contribution in [0.3, 0.4) is 0 Å². The average molecular weight is 436 g/mol. The number of aromatic hydroxyl groups is 1. The molecule has 4 rings (SSSR count). The lowest BCUT2D eigenvalue weighted by Crippen LogP contribution is -2.36. The van der Waals surface area contributed by atoms with Crippen LogP contribution in [0, 0.1) is 5.92 Å². The van der Waals surface area contributed by atoms with Crippen LogP contribution in [0.2, 0.25) is 0 Å². The first-order valence-electron chi connectivity index (χ1n) is 11.3. The molecule has 2 aromatic carbocycles. The number of benzene rings is 2. The van der Waals surface area contributed by atoms with Crippen LogP contribution >= 0.6 is 0 Å². The Morgan fingerprint density at radius 1 is 1.16 bits per heavy atom. The van der Waals surface area contributed by atoms with E-state index in [0.29, 0.717) is 56.0 Å². The molecule has 0 aliphatic carbocycles. The van der Waals surface area contributed by atoms with E-state index in [-0.39, 0.29) is 29.2 Å². The summed E-state index contributed by atoms with van der Waals surface area (Å²) in [7, 11) is 0. The monoisotopic (exact) mass is 435 g/mol. The van der Waals surface area contributed by atoms with Crippen LogP contribution in [0.15, 0.2) is 42.2 Å². The molecule has 2 aliphatic rings. The molecule has 0 amide bonds. The summed E-state index contributed by atoms with van der Waals surface area (Å²) in [5, 5.41) is 10.5. The van der Waals surface area contributed by atoms with Gasteiger partial charge in [0.2, 0.25) is 5.78 Å². The Hall–Kier alpha value is -3.12. The van der Waals surface area contributed by atoms with Crippen LogP contribution in [-0.4, -0.2) is 41.5 Å². The lowest BCUT2D eigenvalue weighted by atomic mass is 9.96. The zero-order chi connectivity index (χ0) is 22.7. The molecule has 32 heavy (non-hydrogen) atoms. The van der Waals surface area contributed by atoms with Crippen molar-refractivity contribution in [1.82, 2.24) is 4.90 Å². The van der Waals surface area contributed by atoms with E-state index in [2.05, 4.69) is 11.8 Å². The number of nitrogens with zero attached hydrogens (tertiary/aromatic N) is 1. The van der Waals surface area contributed by atoms with Crippen molar-refractivity contribution in [1.29, 1.82) is 0 Å². The predicted octanol–water partition coefficient (Wildman–Crippen LogP) is 4.35. The average Bonchev–Trinajstić information content (AvgIpc) is 3.12. The van der Waals surface area contributed by atoms with Gasteiger partial charge in [-0.1, -0.05) is 31.2 Å². The summed E-state index contributed by atoms with van der Waals surface area (Å²) in [6.45, 7) is 6.19. The van der Waals surface area contributed by atoms with Crippen molar-refractivity contribution in [2.24, 2.45) is 5.92 Å². The van der Waals surface area contributed by atoms with Gasteiger partial charge in [0.05, 0.1) is 23.7 Å². The summed E-state index contributed by atoms with van der Waals surface area (Å²) in [5.41, 5.74) is 3.20. The number of piperidine rings is 1. The second-order valence-corrected chi connectivity index (χ2v) is 8.28. The fourth-order valence-corrected chi connectivity index (χ4v) is 4.26. The number of Topliss-reactive ketones (excluding diaryl/α,β-unsaturated/α-hetero) is 1. The molecule has 6 heteroatoms. The highest BCUT2D eigenvalue weighted by Crippen LogP contribution is 2.40. The zero-order valence-electron chi connectivity index (χ0n) is 18.6. The van der Waals surface area contributed by atoms with Crippen molar-refractivity contribution in [2.75, 3.05) is 19.7 Å². The van der Waals surface area contributed by atoms with Crippen LogP contribution in [0.25, 0.3) is 6.08 Å². The number of carbonyl (C=O) groups excluding carboxylic acids is 2. The molecule has 1 fully saturated rings. The van der Waals surface area contributed by atoms with Gasteiger partial charge in [0.15, 0.2) is 5.76 Å². The minimum absolute atomic E-state index is 0.0762. The van der Waals surface area contributed by atoms with E-state index in [1.165, 1.54) is 5.56 Å². The van der Waals surface area contributed by atoms with Crippen LogP contribution in [0.5, 0.6) is 11.5 Å². The van der Waals surface area contributed by atoms with Crippen LogP contribution in [0.1, 0.15) is 53.7 Å². The van der Waals surface area contributed by atoms with Gasteiger partial charge in [-0.15, -0.1) is 0 Å². The molecule has 1 saturated heterocycles. The summed E-state index contributed by atoms with van der Waals surface area (Å²) in [6, 6.07) is 11.2. The summed E-state index contributed by atoms with van der Waals surface area (Å²) in [6.07, 6.45) is 4.13. The number of hydrogen-bond donors (Lipinski definition) is 1. The molecule has 6 nitrogen and oxygen atoms in total. The van der Waals surface area contributed by atoms with Crippen LogP contribution in [-0.2, 0) is 22.5 Å². The molecular weight excluding hydrogens is 406 g/mol. The van der Waals surface area contributed by atoms with Gasteiger partial charge in [0.25, 0.3) is 0 Å². The molecule has 2 heterocycles. The van der Waals surface area contributed by atoms with Crippen molar-refractivity contribution < 1.29 is 24.2 Å². The molecule has 1 N–H and O–H groups in total. The van der Waals surface area contributed by atoms with Gasteiger partial charge in [-0.25, -0.2) is 0 Å². The number of esters is 1. The number of ketones is 1. The van der Waals surface area contributed by atoms with Crippen LogP contribution in [0.4, 0.5) is 0 Å². The Balaban J connectivity index is 1.50. The van der Waals surface area contributed by atoms with E-state index in [0.717, 1.165) is 12.0 Å². The third-order valence-corrected chi connectivity index (χ3v) is 6.19. The number of phenols is 1. The second kappa shape index (κ2) is 9.57. The SMILES string of the molecule is CCOC(=O)C1CCN(Cc2c(O)ccc3c2O/C(=C/c2ccc(CC)cc2)C3=O)CC1. The Labute approximate surface area is 188 Å². The van der Waals surface area contributed by atoms with E-state index in [4.69, 9.17) is 9.47 Å². The molecule has 168 valence electrons. The van der Waals surface area contributed by atoms with E-state index in [1.54, 1.807) is 18.2 Å². The molecule has 0 bridgehead atoms. The molecule has 0 atom stereocenters. The third kappa shape index (κ3) is 4.55. The number of phenolic OH excluding ortho intramolecular Hbond substituents is 1. The van der Waals surface area contributed by atoms with E-state index in [9.17, 15) is 14.7 Å². The first-order valence-corrected chi connectivity index (χ1v) is 11.3. The first-order chi connectivity index (χ1) is 15.5. The van der Waals surface area contributed by atoms with E-state index < -0.39 is 0 Å². The second-order valence-electron chi connectivity index (χ2n) is 8.28. The highest BCUT2D eigenvalue weighted by atomic mass is 16.5. The number of carbonyl (C=O) groups is 2. The van der Waals surface area contributed by atoms with Gasteiger partial charge in [-0.2, -0.15) is 0 Å². The normalized spacial score (nSPS) is 17.9. The van der Waals surface area contributed by atoms with Crippen molar-refractivity contribution >= 4 is 17.8 Å². The minimum atomic E-state index is -0.179. The summed E-state index contributed by atoms with van der Waals surface area (Å²) < 4.78 is 11.1. The predicted molar refractivity (Wildman–Crippen MR) is 121 cm³/mol. The highest BCUT2D eigenvalue weighted by molar-refractivity contribution is 6.15. The number of likely N-dealkylation sites (tertiary alicyclic amines) is 1. The maximum absolute atomic E-state index is 12.9. The van der Waals surface area contributed by atoms with Gasteiger partial charge in [-0.3, -0.25) is 14.5 Å². The molecule has 0 spiro atoms. The summed E-state index contributed by atoms with van der Waals surface area (Å²) >= 11 is 0. The maximum atomic E-state index is 12.9. The fourth-order valence-electron chi connectivity index (χ4n) is 4.26. The molecule has 0 radical (unpaired) electrons. The van der Waals surface area contributed by atoms with Crippen molar-refractivity contribution in [3.63, 3.8) is 0 Å². The van der Waals surface area contributed by atoms with Gasteiger partial charge < -0.3 is 14.6 Å². The van der Waals surface area contributed by atoms with E-state index >= 15 is 0 Å². The third-order valence-electron chi connectivity index (χ3n) is 6.19. The lowest BCUT2D eigenvalue weighted by Gasteiger charge is -2.31. The molecular formula is C26H29NO5. The van der Waals surface area contributed by atoms with Gasteiger partial charge in [0, 0.05) is 6.54 Å². The topological polar surface area (TPSA) is 76.1 Å². The number of fused-ring (bicyclic) bond motifs is 1. The Kier molecular flexibility index (Phi) is 6.61. The highest BCUT2D eigenvalue weighted by Gasteiger charge is 2.33. The summed E-state index contributed by atoms with van der Waals surface area (Å²) in [5.74, 6) is 0.412. The van der Waals surface area contributed by atoms with Gasteiger partial charge >= 0.3 is 5.97 Å². The standard InChI is InChI=1S/C26H29NO5/c1-3-17-5-7-18(8-6-17)15-23-24(29)20-9-10-22(28)21(25(20)32-23)16-27-13-11-19(12-14-27)26(30)31-4-2/h5-10,15,19,28H,3-4,11-14,16H2,1-2H3/b23-15+. The summed E-state index contributed by atoms with van der Waals surface area (Å²) in [4.78, 5) is 27.1. The van der Waals surface area contributed by atoms with Crippen molar-refractivity contribution in [3.05, 3.63) is 64.4 Å². The lowest BCUT2D eigenvalue weighted by molar-refractivity contribution is -0.149. The maximum Gasteiger partial charge on any atom is 0.309 e. The minimum Gasteiger partial charge on any atom is -0.507 e. The molecule has 0 aromatic heterocycles. The number of aryl methyl sites for hydroxylation is 1. The van der Waals surface area contributed by atoms with Crippen molar-refractivity contribution in [3.8, 4) is 11.5 Å².